The second-order valence-electron chi connectivity index (χ2n) is 4.11. The topological polar surface area (TPSA) is 53.1 Å². The molecule has 0 saturated heterocycles. The van der Waals surface area contributed by atoms with Gasteiger partial charge in [0, 0.05) is 18.3 Å². The maximum atomic E-state index is 5.98. The van der Waals surface area contributed by atoms with Crippen molar-refractivity contribution in [3.05, 3.63) is 46.2 Å². The minimum absolute atomic E-state index is 0.468. The Morgan fingerprint density at radius 2 is 2.22 bits per heavy atom. The zero-order valence-electron chi connectivity index (χ0n) is 10.5. The first-order valence-corrected chi connectivity index (χ1v) is 6.07. The van der Waals surface area contributed by atoms with E-state index in [0.29, 0.717) is 18.1 Å². The summed E-state index contributed by atoms with van der Waals surface area (Å²) < 4.78 is 7.12. The summed E-state index contributed by atoms with van der Waals surface area (Å²) in [5, 5.41) is 5.00. The molecule has 0 spiro atoms. The molecule has 0 bridgehead atoms. The van der Waals surface area contributed by atoms with Gasteiger partial charge in [-0.05, 0) is 18.6 Å². The second kappa shape index (κ2) is 5.42. The minimum atomic E-state index is 0.468. The normalized spacial score (nSPS) is 10.7. The summed E-state index contributed by atoms with van der Waals surface area (Å²) in [7, 11) is 1.65. The molecule has 2 aromatic rings. The Morgan fingerprint density at radius 3 is 2.78 bits per heavy atom. The van der Waals surface area contributed by atoms with Crippen LogP contribution in [0.15, 0.2) is 24.4 Å². The molecule has 1 aromatic carbocycles. The molecule has 18 heavy (non-hydrogen) atoms. The Bertz CT molecular complexity index is 532. The number of hydrogen-bond acceptors (Lipinski definition) is 3. The number of methoxy groups -OCH3 is 1. The first kappa shape index (κ1) is 12.9. The fraction of sp³-hybridized carbons (Fsp3) is 0.308. The quantitative estimate of drug-likeness (QED) is 0.923. The maximum Gasteiger partial charge on any atom is 0.123 e. The van der Waals surface area contributed by atoms with E-state index in [1.807, 2.05) is 36.0 Å². The van der Waals surface area contributed by atoms with Gasteiger partial charge < -0.3 is 10.5 Å². The van der Waals surface area contributed by atoms with Crippen LogP contribution in [0.1, 0.15) is 16.8 Å². The van der Waals surface area contributed by atoms with E-state index in [1.165, 1.54) is 0 Å². The lowest BCUT2D eigenvalue weighted by atomic mass is 10.1. The summed E-state index contributed by atoms with van der Waals surface area (Å²) in [5.74, 6) is 0.810. The van der Waals surface area contributed by atoms with Crippen LogP contribution in [0.3, 0.4) is 0 Å². The maximum absolute atomic E-state index is 5.98. The van der Waals surface area contributed by atoms with Crippen LogP contribution in [0.4, 0.5) is 0 Å². The fourth-order valence-corrected chi connectivity index (χ4v) is 1.97. The Labute approximate surface area is 111 Å². The molecular formula is C13H16ClN3O. The number of aromatic nitrogens is 2. The number of nitrogens with zero attached hydrogens (tertiary/aromatic N) is 2. The highest BCUT2D eigenvalue weighted by Crippen LogP contribution is 2.21. The average Bonchev–Trinajstić information content (AvgIpc) is 2.68. The number of aryl methyl sites for hydroxylation is 1. The van der Waals surface area contributed by atoms with Crippen molar-refractivity contribution in [3.63, 3.8) is 0 Å². The molecule has 0 aliphatic heterocycles. The lowest BCUT2D eigenvalue weighted by molar-refractivity contribution is 0.409. The van der Waals surface area contributed by atoms with Crippen LogP contribution in [0.25, 0.3) is 0 Å². The lowest BCUT2D eigenvalue weighted by Crippen LogP contribution is -2.04. The molecule has 0 saturated carbocycles. The molecule has 2 rings (SSSR count). The summed E-state index contributed by atoms with van der Waals surface area (Å²) in [6, 6.07) is 5.98. The van der Waals surface area contributed by atoms with E-state index in [9.17, 15) is 0 Å². The van der Waals surface area contributed by atoms with E-state index in [-0.39, 0.29) is 0 Å². The molecule has 1 aromatic heterocycles. The second-order valence-corrected chi connectivity index (χ2v) is 4.52. The highest BCUT2D eigenvalue weighted by molar-refractivity contribution is 6.31. The molecule has 2 N–H and O–H groups in total. The van der Waals surface area contributed by atoms with Crippen molar-refractivity contribution in [3.8, 4) is 5.75 Å². The molecule has 1 heterocycles. The molecule has 0 aliphatic rings. The average molecular weight is 266 g/mol. The summed E-state index contributed by atoms with van der Waals surface area (Å²) in [6.45, 7) is 3.02. The first-order valence-electron chi connectivity index (χ1n) is 5.69. The Balaban J connectivity index is 2.24. The number of halogens is 1. The van der Waals surface area contributed by atoms with Crippen LogP contribution in [0, 0.1) is 6.92 Å². The van der Waals surface area contributed by atoms with Crippen LogP contribution in [0.2, 0.25) is 5.02 Å². The first-order chi connectivity index (χ1) is 8.63. The third-order valence-electron chi connectivity index (χ3n) is 2.80. The van der Waals surface area contributed by atoms with Crippen molar-refractivity contribution in [2.24, 2.45) is 5.73 Å². The summed E-state index contributed by atoms with van der Waals surface area (Å²) >= 11 is 5.98. The molecule has 5 heteroatoms. The standard InChI is InChI=1S/C13H16ClN3O/c1-9-12(14)8-17(16-9)7-10-3-4-11(6-15)13(5-10)18-2/h3-5,8H,6-7,15H2,1-2H3. The van der Waals surface area contributed by atoms with Gasteiger partial charge in [0.2, 0.25) is 0 Å². The van der Waals surface area contributed by atoms with E-state index in [4.69, 9.17) is 22.1 Å². The molecular weight excluding hydrogens is 250 g/mol. The van der Waals surface area contributed by atoms with E-state index in [1.54, 1.807) is 7.11 Å². The van der Waals surface area contributed by atoms with Gasteiger partial charge in [0.1, 0.15) is 5.75 Å². The fourth-order valence-electron chi connectivity index (χ4n) is 1.82. The van der Waals surface area contributed by atoms with Gasteiger partial charge in [0.25, 0.3) is 0 Å². The predicted molar refractivity (Wildman–Crippen MR) is 72.0 cm³/mol. The largest absolute Gasteiger partial charge is 0.496 e. The summed E-state index contributed by atoms with van der Waals surface area (Å²) in [5.41, 5.74) is 8.57. The van der Waals surface area contributed by atoms with Crippen molar-refractivity contribution in [2.45, 2.75) is 20.0 Å². The number of hydrogen-bond donors (Lipinski definition) is 1. The van der Waals surface area contributed by atoms with Gasteiger partial charge in [0.05, 0.1) is 24.4 Å². The molecule has 0 radical (unpaired) electrons. The SMILES string of the molecule is COc1cc(Cn2cc(Cl)c(C)n2)ccc1CN. The monoisotopic (exact) mass is 265 g/mol. The van der Waals surface area contributed by atoms with Crippen LogP contribution < -0.4 is 10.5 Å². The molecule has 0 aliphatic carbocycles. The van der Waals surface area contributed by atoms with Crippen LogP contribution in [0.5, 0.6) is 5.75 Å². The highest BCUT2D eigenvalue weighted by atomic mass is 35.5. The van der Waals surface area contributed by atoms with E-state index in [0.717, 1.165) is 22.6 Å². The molecule has 0 atom stereocenters. The van der Waals surface area contributed by atoms with Gasteiger partial charge >= 0.3 is 0 Å². The number of rotatable bonds is 4. The van der Waals surface area contributed by atoms with Crippen molar-refractivity contribution in [2.75, 3.05) is 7.11 Å². The predicted octanol–water partition coefficient (Wildman–Crippen LogP) is 2.36. The van der Waals surface area contributed by atoms with Gasteiger partial charge in [-0.1, -0.05) is 23.7 Å². The zero-order chi connectivity index (χ0) is 13.1. The highest BCUT2D eigenvalue weighted by Gasteiger charge is 2.06. The summed E-state index contributed by atoms with van der Waals surface area (Å²) in [4.78, 5) is 0. The zero-order valence-corrected chi connectivity index (χ0v) is 11.2. The smallest absolute Gasteiger partial charge is 0.123 e. The van der Waals surface area contributed by atoms with Crippen molar-refractivity contribution in [1.29, 1.82) is 0 Å². The van der Waals surface area contributed by atoms with Gasteiger partial charge in [0.15, 0.2) is 0 Å². The third kappa shape index (κ3) is 2.66. The van der Waals surface area contributed by atoms with Gasteiger partial charge in [-0.15, -0.1) is 0 Å². The molecule has 4 nitrogen and oxygen atoms in total. The Kier molecular flexibility index (Phi) is 3.89. The van der Waals surface area contributed by atoms with Crippen molar-refractivity contribution < 1.29 is 4.74 Å². The lowest BCUT2D eigenvalue weighted by Gasteiger charge is -2.09. The molecule has 0 fully saturated rings. The molecule has 96 valence electrons. The van der Waals surface area contributed by atoms with Crippen LogP contribution in [-0.2, 0) is 13.1 Å². The molecule has 0 amide bonds. The Morgan fingerprint density at radius 1 is 1.44 bits per heavy atom. The van der Waals surface area contributed by atoms with E-state index in [2.05, 4.69) is 5.10 Å². The molecule has 0 unspecified atom stereocenters. The number of ether oxygens (including phenoxy) is 1. The number of benzene rings is 1. The van der Waals surface area contributed by atoms with Gasteiger partial charge in [-0.3, -0.25) is 4.68 Å². The van der Waals surface area contributed by atoms with Crippen molar-refractivity contribution >= 4 is 11.6 Å². The minimum Gasteiger partial charge on any atom is -0.496 e. The van der Waals surface area contributed by atoms with E-state index >= 15 is 0 Å². The van der Waals surface area contributed by atoms with Crippen LogP contribution in [-0.4, -0.2) is 16.9 Å². The number of nitrogens with two attached hydrogens (primary N) is 1. The van der Waals surface area contributed by atoms with Crippen LogP contribution >= 0.6 is 11.6 Å². The van der Waals surface area contributed by atoms with E-state index < -0.39 is 0 Å². The van der Waals surface area contributed by atoms with Crippen molar-refractivity contribution in [1.82, 2.24) is 9.78 Å². The Hall–Kier alpha value is -1.52. The summed E-state index contributed by atoms with van der Waals surface area (Å²) in [6.07, 6.45) is 1.82. The third-order valence-corrected chi connectivity index (χ3v) is 3.17. The van der Waals surface area contributed by atoms with Gasteiger partial charge in [-0.25, -0.2) is 0 Å². The van der Waals surface area contributed by atoms with Gasteiger partial charge in [-0.2, -0.15) is 5.10 Å².